The number of phenolic OH excluding ortho intramolecular Hbond substituents is 1. The van der Waals surface area contributed by atoms with Crippen LogP contribution in [0.2, 0.25) is 0 Å². The van der Waals surface area contributed by atoms with Crippen LogP contribution in [0.25, 0.3) is 0 Å². The highest BCUT2D eigenvalue weighted by molar-refractivity contribution is 5.27. The van der Waals surface area contributed by atoms with Crippen molar-refractivity contribution in [3.8, 4) is 5.75 Å². The fourth-order valence-electron chi connectivity index (χ4n) is 2.42. The third-order valence-corrected chi connectivity index (χ3v) is 3.41. The van der Waals surface area contributed by atoms with E-state index in [1.54, 1.807) is 12.1 Å². The molecule has 0 saturated carbocycles. The zero-order valence-corrected chi connectivity index (χ0v) is 12.6. The summed E-state index contributed by atoms with van der Waals surface area (Å²) in [6.07, 6.45) is 2.39. The van der Waals surface area contributed by atoms with E-state index in [0.29, 0.717) is 36.5 Å². The Labute approximate surface area is 125 Å². The Morgan fingerprint density at radius 2 is 1.95 bits per heavy atom. The van der Waals surface area contributed by atoms with Gasteiger partial charge in [0.25, 0.3) is 0 Å². The molecule has 0 aliphatic carbocycles. The topological polar surface area (TPSA) is 85.2 Å². The third kappa shape index (κ3) is 4.86. The first-order chi connectivity index (χ1) is 10.1. The lowest BCUT2D eigenvalue weighted by Gasteiger charge is -2.14. The summed E-state index contributed by atoms with van der Waals surface area (Å²) >= 11 is 0. The van der Waals surface area contributed by atoms with E-state index in [2.05, 4.69) is 24.0 Å². The van der Waals surface area contributed by atoms with E-state index in [-0.39, 0.29) is 5.75 Å². The number of hydrogen-bond acceptors (Lipinski definition) is 5. The zero-order valence-electron chi connectivity index (χ0n) is 12.6. The molecule has 114 valence electrons. The second kappa shape index (κ2) is 7.22. The van der Waals surface area contributed by atoms with E-state index in [0.717, 1.165) is 18.4 Å². The average Bonchev–Trinajstić information content (AvgIpc) is 2.87. The van der Waals surface area contributed by atoms with Crippen molar-refractivity contribution in [1.82, 2.24) is 10.1 Å². The SMILES string of the molecule is CC(C)CC(CN)Cc1nc(Cc2ccc(O)cc2)no1. The van der Waals surface area contributed by atoms with Gasteiger partial charge in [-0.2, -0.15) is 4.98 Å². The first-order valence-electron chi connectivity index (χ1n) is 7.36. The van der Waals surface area contributed by atoms with Crippen molar-refractivity contribution >= 4 is 0 Å². The molecule has 2 rings (SSSR count). The Morgan fingerprint density at radius 3 is 2.57 bits per heavy atom. The summed E-state index contributed by atoms with van der Waals surface area (Å²) in [4.78, 5) is 4.43. The molecule has 1 unspecified atom stereocenters. The lowest BCUT2D eigenvalue weighted by Crippen LogP contribution is -2.19. The molecule has 1 heterocycles. The van der Waals surface area contributed by atoms with Crippen LogP contribution >= 0.6 is 0 Å². The maximum Gasteiger partial charge on any atom is 0.226 e. The maximum atomic E-state index is 9.26. The summed E-state index contributed by atoms with van der Waals surface area (Å²) < 4.78 is 5.31. The molecule has 0 saturated heterocycles. The minimum Gasteiger partial charge on any atom is -0.508 e. The van der Waals surface area contributed by atoms with Gasteiger partial charge in [-0.25, -0.2) is 0 Å². The van der Waals surface area contributed by atoms with Crippen molar-refractivity contribution < 1.29 is 9.63 Å². The monoisotopic (exact) mass is 289 g/mol. The van der Waals surface area contributed by atoms with Crippen LogP contribution < -0.4 is 5.73 Å². The molecule has 0 bridgehead atoms. The van der Waals surface area contributed by atoms with Crippen molar-refractivity contribution in [2.45, 2.75) is 33.1 Å². The summed E-state index contributed by atoms with van der Waals surface area (Å²) in [5.74, 6) is 2.56. The van der Waals surface area contributed by atoms with Crippen LogP contribution in [0, 0.1) is 11.8 Å². The van der Waals surface area contributed by atoms with Gasteiger partial charge in [0.05, 0.1) is 0 Å². The van der Waals surface area contributed by atoms with Crippen LogP contribution in [0.15, 0.2) is 28.8 Å². The first-order valence-corrected chi connectivity index (χ1v) is 7.36. The Bertz CT molecular complexity index is 549. The van der Waals surface area contributed by atoms with Gasteiger partial charge in [-0.1, -0.05) is 31.1 Å². The lowest BCUT2D eigenvalue weighted by atomic mass is 9.94. The summed E-state index contributed by atoms with van der Waals surface area (Å²) in [5, 5.41) is 13.3. The Kier molecular flexibility index (Phi) is 5.33. The van der Waals surface area contributed by atoms with Crippen molar-refractivity contribution in [3.63, 3.8) is 0 Å². The van der Waals surface area contributed by atoms with Crippen LogP contribution in [-0.4, -0.2) is 21.8 Å². The Morgan fingerprint density at radius 1 is 1.24 bits per heavy atom. The fraction of sp³-hybridized carbons (Fsp3) is 0.500. The van der Waals surface area contributed by atoms with Crippen LogP contribution in [0.3, 0.4) is 0 Å². The van der Waals surface area contributed by atoms with Crippen LogP contribution in [0.5, 0.6) is 5.75 Å². The zero-order chi connectivity index (χ0) is 15.2. The maximum absolute atomic E-state index is 9.26. The van der Waals surface area contributed by atoms with Crippen molar-refractivity contribution in [3.05, 3.63) is 41.5 Å². The molecule has 0 fully saturated rings. The van der Waals surface area contributed by atoms with Crippen LogP contribution in [0.4, 0.5) is 0 Å². The van der Waals surface area contributed by atoms with E-state index >= 15 is 0 Å². The molecule has 0 spiro atoms. The molecule has 0 radical (unpaired) electrons. The Hall–Kier alpha value is -1.88. The van der Waals surface area contributed by atoms with Gasteiger partial charge in [0.15, 0.2) is 5.82 Å². The number of benzene rings is 1. The molecule has 21 heavy (non-hydrogen) atoms. The highest BCUT2D eigenvalue weighted by atomic mass is 16.5. The number of nitrogens with two attached hydrogens (primary N) is 1. The minimum atomic E-state index is 0.257. The highest BCUT2D eigenvalue weighted by Crippen LogP contribution is 2.17. The molecular weight excluding hydrogens is 266 g/mol. The molecule has 0 amide bonds. The van der Waals surface area contributed by atoms with Gasteiger partial charge < -0.3 is 15.4 Å². The average molecular weight is 289 g/mol. The molecular formula is C16H23N3O2. The van der Waals surface area contributed by atoms with Gasteiger partial charge in [0.1, 0.15) is 5.75 Å². The number of phenols is 1. The molecule has 1 atom stereocenters. The van der Waals surface area contributed by atoms with Crippen molar-refractivity contribution in [2.24, 2.45) is 17.6 Å². The second-order valence-electron chi connectivity index (χ2n) is 5.88. The predicted molar refractivity (Wildman–Crippen MR) is 80.9 cm³/mol. The minimum absolute atomic E-state index is 0.257. The summed E-state index contributed by atoms with van der Waals surface area (Å²) in [6.45, 7) is 5.01. The van der Waals surface area contributed by atoms with Crippen LogP contribution in [-0.2, 0) is 12.8 Å². The molecule has 3 N–H and O–H groups in total. The molecule has 1 aromatic carbocycles. The highest BCUT2D eigenvalue weighted by Gasteiger charge is 2.15. The van der Waals surface area contributed by atoms with Crippen molar-refractivity contribution in [1.29, 1.82) is 0 Å². The predicted octanol–water partition coefficient (Wildman–Crippen LogP) is 2.53. The second-order valence-corrected chi connectivity index (χ2v) is 5.88. The number of aromatic nitrogens is 2. The molecule has 1 aromatic heterocycles. The van der Waals surface area contributed by atoms with Crippen molar-refractivity contribution in [2.75, 3.05) is 6.54 Å². The molecule has 5 nitrogen and oxygen atoms in total. The van der Waals surface area contributed by atoms with Gasteiger partial charge in [-0.05, 0) is 42.5 Å². The van der Waals surface area contributed by atoms with Crippen LogP contribution in [0.1, 0.15) is 37.5 Å². The third-order valence-electron chi connectivity index (χ3n) is 3.41. The first kappa shape index (κ1) is 15.5. The van der Waals surface area contributed by atoms with E-state index in [4.69, 9.17) is 10.3 Å². The van der Waals surface area contributed by atoms with E-state index in [9.17, 15) is 5.11 Å². The number of rotatable bonds is 7. The number of nitrogens with zero attached hydrogens (tertiary/aromatic N) is 2. The van der Waals surface area contributed by atoms with Gasteiger partial charge in [-0.15, -0.1) is 0 Å². The molecule has 5 heteroatoms. The summed E-state index contributed by atoms with van der Waals surface area (Å²) in [7, 11) is 0. The Balaban J connectivity index is 1.95. The van der Waals surface area contributed by atoms with E-state index in [1.807, 2.05) is 12.1 Å². The molecule has 2 aromatic rings. The molecule has 0 aliphatic rings. The summed E-state index contributed by atoms with van der Waals surface area (Å²) in [5.41, 5.74) is 6.84. The van der Waals surface area contributed by atoms with Gasteiger partial charge >= 0.3 is 0 Å². The molecule has 0 aliphatic heterocycles. The quantitative estimate of drug-likeness (QED) is 0.818. The van der Waals surface area contributed by atoms with E-state index in [1.165, 1.54) is 0 Å². The number of hydrogen-bond donors (Lipinski definition) is 2. The fourth-order valence-corrected chi connectivity index (χ4v) is 2.42. The lowest BCUT2D eigenvalue weighted by molar-refractivity contribution is 0.329. The van der Waals surface area contributed by atoms with Gasteiger partial charge in [-0.3, -0.25) is 0 Å². The largest absolute Gasteiger partial charge is 0.508 e. The number of aromatic hydroxyl groups is 1. The van der Waals surface area contributed by atoms with Gasteiger partial charge in [0, 0.05) is 12.8 Å². The summed E-state index contributed by atoms with van der Waals surface area (Å²) in [6, 6.07) is 7.02. The van der Waals surface area contributed by atoms with E-state index < -0.39 is 0 Å². The smallest absolute Gasteiger partial charge is 0.226 e. The standard InChI is InChI=1S/C16H23N3O2/c1-11(2)7-13(10-17)9-16-18-15(19-21-16)8-12-3-5-14(20)6-4-12/h3-6,11,13,20H,7-10,17H2,1-2H3. The normalized spacial score (nSPS) is 12.8. The van der Waals surface area contributed by atoms with Gasteiger partial charge in [0.2, 0.25) is 5.89 Å².